The molecule has 2 aromatic carbocycles. The topological polar surface area (TPSA) is 60.6 Å². The van der Waals surface area contributed by atoms with Crippen molar-refractivity contribution in [3.05, 3.63) is 60.7 Å². The fourth-order valence-electron chi connectivity index (χ4n) is 3.57. The summed E-state index contributed by atoms with van der Waals surface area (Å²) in [5.74, 6) is 2.26. The molecular weight excluding hydrogens is 366 g/mol. The van der Waals surface area contributed by atoms with Gasteiger partial charge in [-0.2, -0.15) is 0 Å². The zero-order valence-corrected chi connectivity index (χ0v) is 16.2. The summed E-state index contributed by atoms with van der Waals surface area (Å²) in [5, 5.41) is 0. The molecule has 0 amide bonds. The lowest BCUT2D eigenvalue weighted by Gasteiger charge is -2.28. The Morgan fingerprint density at radius 3 is 2.62 bits per heavy atom. The summed E-state index contributed by atoms with van der Waals surface area (Å²) >= 11 is 0. The van der Waals surface area contributed by atoms with E-state index in [2.05, 4.69) is 9.88 Å². The molecule has 0 atom stereocenters. The van der Waals surface area contributed by atoms with Gasteiger partial charge >= 0.3 is 0 Å². The number of morpholine rings is 1. The molecule has 1 aliphatic heterocycles. The van der Waals surface area contributed by atoms with Crippen molar-refractivity contribution >= 4 is 16.9 Å². The van der Waals surface area contributed by atoms with Gasteiger partial charge < -0.3 is 18.8 Å². The van der Waals surface area contributed by atoms with Gasteiger partial charge in [0.15, 0.2) is 5.58 Å². The molecule has 0 aliphatic carbocycles. The quantitative estimate of drug-likeness (QED) is 0.517. The van der Waals surface area contributed by atoms with Crippen LogP contribution >= 0.6 is 0 Å². The third-order valence-electron chi connectivity index (χ3n) is 5.09. The molecule has 146 valence electrons. The fraction of sp³-hybridized carbons (Fsp3) is 0.217. The summed E-state index contributed by atoms with van der Waals surface area (Å²) in [6, 6.07) is 19.8. The first-order valence-corrected chi connectivity index (χ1v) is 9.66. The molecule has 1 saturated heterocycles. The summed E-state index contributed by atoms with van der Waals surface area (Å²) in [7, 11) is 1.67. The van der Waals surface area contributed by atoms with E-state index in [4.69, 9.17) is 18.9 Å². The minimum Gasteiger partial charge on any atom is -0.496 e. The number of nitrogens with zero attached hydrogens (tertiary/aromatic N) is 3. The summed E-state index contributed by atoms with van der Waals surface area (Å²) in [5.41, 5.74) is 4.28. The van der Waals surface area contributed by atoms with Crippen molar-refractivity contribution in [3.8, 4) is 28.5 Å². The highest BCUT2D eigenvalue weighted by Gasteiger charge is 2.16. The summed E-state index contributed by atoms with van der Waals surface area (Å²) in [6.45, 7) is 3.16. The smallest absolute Gasteiger partial charge is 0.227 e. The van der Waals surface area contributed by atoms with Crippen molar-refractivity contribution in [1.82, 2.24) is 9.97 Å². The second kappa shape index (κ2) is 7.56. The van der Waals surface area contributed by atoms with E-state index in [-0.39, 0.29) is 0 Å². The van der Waals surface area contributed by atoms with Crippen molar-refractivity contribution in [1.29, 1.82) is 0 Å². The number of hydrogen-bond donors (Lipinski definition) is 0. The number of para-hydroxylation sites is 2. The molecule has 6 nitrogen and oxygen atoms in total. The van der Waals surface area contributed by atoms with Crippen molar-refractivity contribution in [2.45, 2.75) is 0 Å². The van der Waals surface area contributed by atoms with E-state index in [1.807, 2.05) is 60.7 Å². The zero-order valence-electron chi connectivity index (χ0n) is 16.2. The maximum Gasteiger partial charge on any atom is 0.227 e. The van der Waals surface area contributed by atoms with Gasteiger partial charge in [0.05, 0.1) is 26.0 Å². The van der Waals surface area contributed by atoms with Crippen LogP contribution < -0.4 is 9.64 Å². The Hall–Kier alpha value is -3.38. The molecule has 4 aromatic rings. The van der Waals surface area contributed by atoms with Gasteiger partial charge in [0.1, 0.15) is 17.1 Å². The van der Waals surface area contributed by atoms with Crippen LogP contribution in [-0.4, -0.2) is 43.4 Å². The van der Waals surface area contributed by atoms with Gasteiger partial charge in [-0.25, -0.2) is 9.97 Å². The number of benzene rings is 2. The van der Waals surface area contributed by atoms with Gasteiger partial charge in [-0.3, -0.25) is 0 Å². The van der Waals surface area contributed by atoms with Crippen molar-refractivity contribution in [3.63, 3.8) is 0 Å². The molecule has 2 aromatic heterocycles. The molecule has 6 heteroatoms. The van der Waals surface area contributed by atoms with E-state index in [0.717, 1.165) is 65.8 Å². The molecule has 1 fully saturated rings. The van der Waals surface area contributed by atoms with E-state index < -0.39 is 0 Å². The normalized spacial score (nSPS) is 14.3. The van der Waals surface area contributed by atoms with E-state index in [9.17, 15) is 0 Å². The fourth-order valence-corrected chi connectivity index (χ4v) is 3.57. The molecule has 0 unspecified atom stereocenters. The Labute approximate surface area is 168 Å². The predicted molar refractivity (Wildman–Crippen MR) is 112 cm³/mol. The highest BCUT2D eigenvalue weighted by molar-refractivity contribution is 5.78. The Bertz CT molecular complexity index is 1120. The third-order valence-corrected chi connectivity index (χ3v) is 5.09. The predicted octanol–water partition coefficient (Wildman–Crippen LogP) is 4.40. The van der Waals surface area contributed by atoms with Crippen molar-refractivity contribution < 1.29 is 13.9 Å². The SMILES string of the molecule is COc1cc(-c2nc3ccccc3o2)ccc1-c1cccc(N2CCOCC2)n1. The number of anilines is 1. The highest BCUT2D eigenvalue weighted by atomic mass is 16.5. The summed E-state index contributed by atoms with van der Waals surface area (Å²) < 4.78 is 17.0. The van der Waals surface area contributed by atoms with Gasteiger partial charge in [0, 0.05) is 24.2 Å². The van der Waals surface area contributed by atoms with Gasteiger partial charge in [0.25, 0.3) is 0 Å². The standard InChI is InChI=1S/C23H21N3O3/c1-27-21-15-16(23-25-19-5-2-3-7-20(19)29-23)9-10-17(21)18-6-4-8-22(24-18)26-11-13-28-14-12-26/h2-10,15H,11-14H2,1H3. The van der Waals surface area contributed by atoms with Crippen LogP contribution in [0.4, 0.5) is 5.82 Å². The van der Waals surface area contributed by atoms with Crippen LogP contribution in [0, 0.1) is 0 Å². The largest absolute Gasteiger partial charge is 0.496 e. The monoisotopic (exact) mass is 387 g/mol. The highest BCUT2D eigenvalue weighted by Crippen LogP contribution is 2.34. The minimum atomic E-state index is 0.575. The molecule has 5 rings (SSSR count). The van der Waals surface area contributed by atoms with Gasteiger partial charge in [0.2, 0.25) is 5.89 Å². The van der Waals surface area contributed by atoms with Gasteiger partial charge in [-0.05, 0) is 42.5 Å². The number of hydrogen-bond acceptors (Lipinski definition) is 6. The van der Waals surface area contributed by atoms with Gasteiger partial charge in [-0.1, -0.05) is 18.2 Å². The number of fused-ring (bicyclic) bond motifs is 1. The van der Waals surface area contributed by atoms with Crippen molar-refractivity contribution in [2.75, 3.05) is 38.3 Å². The Balaban J connectivity index is 1.51. The molecule has 1 aliphatic rings. The summed E-state index contributed by atoms with van der Waals surface area (Å²) in [6.07, 6.45) is 0. The van der Waals surface area contributed by atoms with Crippen LogP contribution in [0.5, 0.6) is 5.75 Å². The molecule has 29 heavy (non-hydrogen) atoms. The lowest BCUT2D eigenvalue weighted by Crippen LogP contribution is -2.36. The number of methoxy groups -OCH3 is 1. The molecule has 0 saturated carbocycles. The second-order valence-corrected chi connectivity index (χ2v) is 6.88. The molecular formula is C23H21N3O3. The molecule has 0 N–H and O–H groups in total. The van der Waals surface area contributed by atoms with Crippen molar-refractivity contribution in [2.24, 2.45) is 0 Å². The van der Waals surface area contributed by atoms with E-state index in [1.54, 1.807) is 7.11 Å². The van der Waals surface area contributed by atoms with Crippen LogP contribution in [0.25, 0.3) is 33.8 Å². The number of rotatable bonds is 4. The lowest BCUT2D eigenvalue weighted by atomic mass is 10.1. The number of pyridine rings is 1. The number of ether oxygens (including phenoxy) is 2. The van der Waals surface area contributed by atoms with E-state index in [0.29, 0.717) is 5.89 Å². The van der Waals surface area contributed by atoms with Crippen LogP contribution in [-0.2, 0) is 4.74 Å². The minimum absolute atomic E-state index is 0.575. The average molecular weight is 387 g/mol. The molecule has 3 heterocycles. The van der Waals surface area contributed by atoms with Crippen LogP contribution in [0.15, 0.2) is 65.1 Å². The Kier molecular flexibility index (Phi) is 4.62. The first kappa shape index (κ1) is 17.7. The second-order valence-electron chi connectivity index (χ2n) is 6.88. The Morgan fingerprint density at radius 2 is 1.79 bits per heavy atom. The number of aromatic nitrogens is 2. The molecule has 0 bridgehead atoms. The maximum absolute atomic E-state index is 5.90. The van der Waals surface area contributed by atoms with E-state index >= 15 is 0 Å². The Morgan fingerprint density at radius 1 is 0.931 bits per heavy atom. The first-order valence-electron chi connectivity index (χ1n) is 9.66. The average Bonchev–Trinajstić information content (AvgIpc) is 3.24. The number of oxazole rings is 1. The maximum atomic E-state index is 5.90. The third kappa shape index (κ3) is 3.43. The van der Waals surface area contributed by atoms with Gasteiger partial charge in [-0.15, -0.1) is 0 Å². The molecule has 0 radical (unpaired) electrons. The lowest BCUT2D eigenvalue weighted by molar-refractivity contribution is 0.122. The van der Waals surface area contributed by atoms with Crippen LogP contribution in [0.3, 0.4) is 0 Å². The zero-order chi connectivity index (χ0) is 19.6. The molecule has 0 spiro atoms. The van der Waals surface area contributed by atoms with Crippen LogP contribution in [0.2, 0.25) is 0 Å². The first-order chi connectivity index (χ1) is 14.3. The van der Waals surface area contributed by atoms with Crippen LogP contribution in [0.1, 0.15) is 0 Å². The summed E-state index contributed by atoms with van der Waals surface area (Å²) in [4.78, 5) is 11.7. The van der Waals surface area contributed by atoms with E-state index in [1.165, 1.54) is 0 Å².